The molecule has 2 amide bonds. The van der Waals surface area contributed by atoms with E-state index in [2.05, 4.69) is 21.1 Å². The normalized spacial score (nSPS) is 17.4. The van der Waals surface area contributed by atoms with Crippen LogP contribution < -0.4 is 0 Å². The van der Waals surface area contributed by atoms with Gasteiger partial charge in [-0.05, 0) is 40.0 Å². The summed E-state index contributed by atoms with van der Waals surface area (Å²) in [6.45, 7) is 1.65. The third-order valence-electron chi connectivity index (χ3n) is 2.98. The number of oxime groups is 1. The molecule has 7 heteroatoms. The second-order valence-corrected chi connectivity index (χ2v) is 5.27. The second-order valence-electron chi connectivity index (χ2n) is 4.36. The summed E-state index contributed by atoms with van der Waals surface area (Å²) in [4.78, 5) is 29.5. The van der Waals surface area contributed by atoms with Crippen molar-refractivity contribution in [1.29, 1.82) is 0 Å². The summed E-state index contributed by atoms with van der Waals surface area (Å²) < 4.78 is 0.550. The molecule has 0 radical (unpaired) electrons. The monoisotopic (exact) mass is 340 g/mol. The molecule has 106 valence electrons. The fraction of sp³-hybridized carbons (Fsp3) is 0.308. The zero-order valence-electron chi connectivity index (χ0n) is 10.7. The van der Waals surface area contributed by atoms with E-state index in [1.54, 1.807) is 25.1 Å². The molecule has 2 rings (SSSR count). The van der Waals surface area contributed by atoms with Gasteiger partial charge in [-0.2, -0.15) is 0 Å². The first-order chi connectivity index (χ1) is 9.56. The maximum atomic E-state index is 12.4. The first kappa shape index (κ1) is 14.7. The molecule has 1 heterocycles. The Morgan fingerprint density at radius 3 is 2.90 bits per heavy atom. The third kappa shape index (κ3) is 2.88. The summed E-state index contributed by atoms with van der Waals surface area (Å²) >= 11 is 3.16. The van der Waals surface area contributed by atoms with Crippen LogP contribution in [0.1, 0.15) is 27.9 Å². The standard InChI is InChI=1S/C13H13BrN2O4/c1-8-4-9(6-17)2-3-10(8)13(19)16(7-18)12-5-11(14)15-20-12/h2-4,7,12,17H,5-6H2,1H3. The number of rotatable bonds is 4. The van der Waals surface area contributed by atoms with Crippen LogP contribution in [0, 0.1) is 6.92 Å². The van der Waals surface area contributed by atoms with E-state index in [0.717, 1.165) is 4.90 Å². The lowest BCUT2D eigenvalue weighted by atomic mass is 10.0. The molecule has 0 saturated heterocycles. The highest BCUT2D eigenvalue weighted by molar-refractivity contribution is 9.18. The number of amides is 2. The minimum atomic E-state index is -0.730. The van der Waals surface area contributed by atoms with Gasteiger partial charge in [0.2, 0.25) is 12.6 Å². The predicted molar refractivity (Wildman–Crippen MR) is 75.2 cm³/mol. The van der Waals surface area contributed by atoms with Crippen LogP contribution in [0.4, 0.5) is 0 Å². The van der Waals surface area contributed by atoms with Crippen molar-refractivity contribution in [3.05, 3.63) is 34.9 Å². The molecule has 0 saturated carbocycles. The van der Waals surface area contributed by atoms with Crippen LogP contribution in [-0.2, 0) is 16.2 Å². The molecule has 1 aliphatic rings. The number of aliphatic hydroxyl groups excluding tert-OH is 1. The summed E-state index contributed by atoms with van der Waals surface area (Å²) in [7, 11) is 0. The molecular formula is C13H13BrN2O4. The van der Waals surface area contributed by atoms with Crippen molar-refractivity contribution in [2.45, 2.75) is 26.2 Å². The molecule has 1 unspecified atom stereocenters. The van der Waals surface area contributed by atoms with Crippen LogP contribution in [0.5, 0.6) is 0 Å². The largest absolute Gasteiger partial charge is 0.392 e. The number of halogens is 1. The van der Waals surface area contributed by atoms with E-state index < -0.39 is 12.1 Å². The van der Waals surface area contributed by atoms with Crippen molar-refractivity contribution in [2.24, 2.45) is 5.16 Å². The van der Waals surface area contributed by atoms with Crippen LogP contribution in [-0.4, -0.2) is 33.2 Å². The van der Waals surface area contributed by atoms with Crippen molar-refractivity contribution in [3.63, 3.8) is 0 Å². The minimum absolute atomic E-state index is 0.0980. The van der Waals surface area contributed by atoms with E-state index in [0.29, 0.717) is 34.1 Å². The lowest BCUT2D eigenvalue weighted by molar-refractivity contribution is -0.125. The van der Waals surface area contributed by atoms with Gasteiger partial charge in [-0.25, -0.2) is 4.90 Å². The van der Waals surface area contributed by atoms with Gasteiger partial charge in [-0.1, -0.05) is 17.3 Å². The van der Waals surface area contributed by atoms with Crippen LogP contribution in [0.15, 0.2) is 23.4 Å². The summed E-state index contributed by atoms with van der Waals surface area (Å²) in [6, 6.07) is 4.94. The highest BCUT2D eigenvalue weighted by Gasteiger charge is 2.31. The number of aryl methyl sites for hydroxylation is 1. The third-order valence-corrected chi connectivity index (χ3v) is 3.45. The molecule has 1 aromatic rings. The lowest BCUT2D eigenvalue weighted by Crippen LogP contribution is -2.39. The Kier molecular flexibility index (Phi) is 4.51. The van der Waals surface area contributed by atoms with Crippen LogP contribution in [0.3, 0.4) is 0 Å². The van der Waals surface area contributed by atoms with Gasteiger partial charge in [0, 0.05) is 5.56 Å². The summed E-state index contributed by atoms with van der Waals surface area (Å²) in [5.74, 6) is -0.454. The Morgan fingerprint density at radius 1 is 1.65 bits per heavy atom. The Balaban J connectivity index is 2.23. The quantitative estimate of drug-likeness (QED) is 0.843. The van der Waals surface area contributed by atoms with E-state index in [1.165, 1.54) is 0 Å². The number of benzene rings is 1. The van der Waals surface area contributed by atoms with Gasteiger partial charge >= 0.3 is 0 Å². The number of carbonyl (C=O) groups is 2. The first-order valence-electron chi connectivity index (χ1n) is 5.93. The van der Waals surface area contributed by atoms with E-state index >= 15 is 0 Å². The average Bonchev–Trinajstić information content (AvgIpc) is 2.85. The number of nitrogens with zero attached hydrogens (tertiary/aromatic N) is 2. The SMILES string of the molecule is Cc1cc(CO)ccc1C(=O)N(C=O)C1CC(Br)=NO1. The Bertz CT molecular complexity index is 573. The number of carbonyl (C=O) groups excluding carboxylic acids is 2. The zero-order valence-corrected chi connectivity index (χ0v) is 12.3. The summed E-state index contributed by atoms with van der Waals surface area (Å²) in [5.41, 5.74) is 1.78. The van der Waals surface area contributed by atoms with E-state index in [-0.39, 0.29) is 6.61 Å². The van der Waals surface area contributed by atoms with Gasteiger partial charge < -0.3 is 9.94 Å². The number of hydrogen-bond acceptors (Lipinski definition) is 5. The van der Waals surface area contributed by atoms with E-state index in [1.807, 2.05) is 0 Å². The topological polar surface area (TPSA) is 79.2 Å². The fourth-order valence-corrected chi connectivity index (χ4v) is 2.30. The predicted octanol–water partition coefficient (Wildman–Crippen LogP) is 1.54. The molecule has 0 aromatic heterocycles. The highest BCUT2D eigenvalue weighted by Crippen LogP contribution is 2.20. The average molecular weight is 341 g/mol. The van der Waals surface area contributed by atoms with E-state index in [4.69, 9.17) is 9.94 Å². The van der Waals surface area contributed by atoms with Gasteiger partial charge in [0.25, 0.3) is 5.91 Å². The molecule has 1 aliphatic heterocycles. The molecule has 0 fully saturated rings. The number of hydrogen-bond donors (Lipinski definition) is 1. The smallest absolute Gasteiger partial charge is 0.263 e. The Morgan fingerprint density at radius 2 is 2.40 bits per heavy atom. The maximum absolute atomic E-state index is 12.4. The van der Waals surface area contributed by atoms with Crippen molar-refractivity contribution in [2.75, 3.05) is 0 Å². The number of aliphatic hydroxyl groups is 1. The van der Waals surface area contributed by atoms with E-state index in [9.17, 15) is 9.59 Å². The second kappa shape index (κ2) is 6.15. The Hall–Kier alpha value is -1.73. The van der Waals surface area contributed by atoms with Crippen LogP contribution >= 0.6 is 15.9 Å². The van der Waals surface area contributed by atoms with Crippen LogP contribution in [0.2, 0.25) is 0 Å². The fourth-order valence-electron chi connectivity index (χ4n) is 1.94. The summed E-state index contributed by atoms with van der Waals surface area (Å²) in [5, 5.41) is 12.7. The van der Waals surface area contributed by atoms with Gasteiger partial charge in [-0.3, -0.25) is 9.59 Å². The first-order valence-corrected chi connectivity index (χ1v) is 6.72. The Labute approximate surface area is 124 Å². The van der Waals surface area contributed by atoms with Crippen molar-refractivity contribution in [1.82, 2.24) is 4.90 Å². The van der Waals surface area contributed by atoms with Crippen LogP contribution in [0.25, 0.3) is 0 Å². The molecule has 0 aliphatic carbocycles. The van der Waals surface area contributed by atoms with Crippen molar-refractivity contribution in [3.8, 4) is 0 Å². The molecule has 0 spiro atoms. The molecule has 20 heavy (non-hydrogen) atoms. The molecule has 1 atom stereocenters. The molecular weight excluding hydrogens is 328 g/mol. The molecule has 1 aromatic carbocycles. The van der Waals surface area contributed by atoms with Gasteiger partial charge in [-0.15, -0.1) is 0 Å². The van der Waals surface area contributed by atoms with Crippen molar-refractivity contribution < 1.29 is 19.5 Å². The zero-order chi connectivity index (χ0) is 14.7. The van der Waals surface area contributed by atoms with Gasteiger partial charge in [0.15, 0.2) is 0 Å². The molecule has 1 N–H and O–H groups in total. The molecule has 0 bridgehead atoms. The lowest BCUT2D eigenvalue weighted by Gasteiger charge is -2.21. The van der Waals surface area contributed by atoms with Gasteiger partial charge in [0.1, 0.15) is 4.62 Å². The molecule has 6 nitrogen and oxygen atoms in total. The summed E-state index contributed by atoms with van der Waals surface area (Å²) in [6.07, 6.45) is 0.0393. The highest BCUT2D eigenvalue weighted by atomic mass is 79.9. The van der Waals surface area contributed by atoms with Gasteiger partial charge in [0.05, 0.1) is 13.0 Å². The van der Waals surface area contributed by atoms with Crippen molar-refractivity contribution >= 4 is 32.9 Å². The minimum Gasteiger partial charge on any atom is -0.392 e. The number of imide groups is 1. The maximum Gasteiger partial charge on any atom is 0.263 e.